The lowest BCUT2D eigenvalue weighted by atomic mass is 10.1. The highest BCUT2D eigenvalue weighted by atomic mass is 16.5. The molecule has 1 aliphatic carbocycles. The van der Waals surface area contributed by atoms with Gasteiger partial charge in [0.2, 0.25) is 5.76 Å². The zero-order chi connectivity index (χ0) is 13.8. The predicted octanol–water partition coefficient (Wildman–Crippen LogP) is 3.15. The number of hydrogen-bond acceptors (Lipinski definition) is 4. The van der Waals surface area contributed by atoms with Gasteiger partial charge in [-0.3, -0.25) is 0 Å². The first-order chi connectivity index (χ1) is 9.10. The highest BCUT2D eigenvalue weighted by molar-refractivity contribution is 5.86. The molecule has 3 unspecified atom stereocenters. The topological polar surface area (TPSA) is 51.5 Å². The Morgan fingerprint density at radius 3 is 2.95 bits per heavy atom. The largest absolute Gasteiger partial charge is 0.463 e. The maximum atomic E-state index is 11.3. The fourth-order valence-electron chi connectivity index (χ4n) is 2.75. The van der Waals surface area contributed by atoms with Crippen LogP contribution in [-0.2, 0) is 4.74 Å². The lowest BCUT2D eigenvalue weighted by Crippen LogP contribution is -2.24. The number of hydrogen-bond donors (Lipinski definition) is 1. The van der Waals surface area contributed by atoms with Crippen LogP contribution in [0.4, 0.5) is 0 Å². The zero-order valence-corrected chi connectivity index (χ0v) is 11.9. The number of ether oxygens (including phenoxy) is 1. The maximum absolute atomic E-state index is 11.3. The summed E-state index contributed by atoms with van der Waals surface area (Å²) in [6.07, 6.45) is 3.96. The van der Waals surface area contributed by atoms with Gasteiger partial charge in [0, 0.05) is 0 Å². The molecule has 0 radical (unpaired) electrons. The molecule has 1 aliphatic rings. The van der Waals surface area contributed by atoms with Crippen molar-refractivity contribution in [3.05, 3.63) is 23.7 Å². The van der Waals surface area contributed by atoms with Crippen LogP contribution in [0.1, 0.15) is 55.5 Å². The van der Waals surface area contributed by atoms with Crippen molar-refractivity contribution < 1.29 is 13.9 Å². The quantitative estimate of drug-likeness (QED) is 0.831. The minimum absolute atomic E-state index is 0.120. The van der Waals surface area contributed by atoms with Gasteiger partial charge in [0.1, 0.15) is 5.76 Å². The van der Waals surface area contributed by atoms with E-state index < -0.39 is 5.97 Å². The SMILES string of the molecule is COC(=O)c1ccc(C(C)NCC2CCC(C)C2)o1. The average Bonchev–Trinajstić information content (AvgIpc) is 3.04. The van der Waals surface area contributed by atoms with Gasteiger partial charge < -0.3 is 14.5 Å². The van der Waals surface area contributed by atoms with Crippen LogP contribution in [0, 0.1) is 11.8 Å². The number of esters is 1. The van der Waals surface area contributed by atoms with Crippen molar-refractivity contribution in [2.24, 2.45) is 11.8 Å². The fourth-order valence-corrected chi connectivity index (χ4v) is 2.75. The van der Waals surface area contributed by atoms with Gasteiger partial charge in [-0.15, -0.1) is 0 Å². The van der Waals surface area contributed by atoms with Crippen molar-refractivity contribution in [2.45, 2.75) is 39.2 Å². The van der Waals surface area contributed by atoms with Crippen molar-refractivity contribution >= 4 is 5.97 Å². The van der Waals surface area contributed by atoms with Crippen molar-refractivity contribution in [3.8, 4) is 0 Å². The van der Waals surface area contributed by atoms with Crippen LogP contribution in [0.25, 0.3) is 0 Å². The van der Waals surface area contributed by atoms with Crippen molar-refractivity contribution in [3.63, 3.8) is 0 Å². The molecule has 1 aromatic heterocycles. The molecule has 106 valence electrons. The van der Waals surface area contributed by atoms with Gasteiger partial charge in [0.15, 0.2) is 0 Å². The standard InChI is InChI=1S/C15H23NO3/c1-10-4-5-12(8-10)9-16-11(2)13-6-7-14(19-13)15(17)18-3/h6-7,10-12,16H,4-5,8-9H2,1-3H3. The molecule has 1 aromatic rings. The molecule has 1 saturated carbocycles. The summed E-state index contributed by atoms with van der Waals surface area (Å²) in [5, 5.41) is 3.49. The molecule has 4 heteroatoms. The monoisotopic (exact) mass is 265 g/mol. The van der Waals surface area contributed by atoms with Gasteiger partial charge in [-0.1, -0.05) is 13.3 Å². The smallest absolute Gasteiger partial charge is 0.373 e. The van der Waals surface area contributed by atoms with Gasteiger partial charge in [-0.05, 0) is 50.3 Å². The van der Waals surface area contributed by atoms with Gasteiger partial charge in [-0.25, -0.2) is 4.79 Å². The first kappa shape index (κ1) is 14.1. The van der Waals surface area contributed by atoms with Gasteiger partial charge in [-0.2, -0.15) is 0 Å². The van der Waals surface area contributed by atoms with E-state index in [2.05, 4.69) is 23.9 Å². The van der Waals surface area contributed by atoms with Crippen molar-refractivity contribution in [1.29, 1.82) is 0 Å². The van der Waals surface area contributed by atoms with E-state index in [1.165, 1.54) is 26.4 Å². The molecule has 0 amide bonds. The number of methoxy groups -OCH3 is 1. The second-order valence-electron chi connectivity index (χ2n) is 5.61. The minimum Gasteiger partial charge on any atom is -0.463 e. The maximum Gasteiger partial charge on any atom is 0.373 e. The summed E-state index contributed by atoms with van der Waals surface area (Å²) in [6, 6.07) is 3.62. The van der Waals surface area contributed by atoms with Crippen LogP contribution in [0.15, 0.2) is 16.5 Å². The van der Waals surface area contributed by atoms with Crippen molar-refractivity contribution in [1.82, 2.24) is 5.32 Å². The normalized spacial score (nSPS) is 24.4. The third-order valence-electron chi connectivity index (χ3n) is 3.96. The van der Waals surface area contributed by atoms with Crippen LogP contribution in [0.3, 0.4) is 0 Å². The molecule has 3 atom stereocenters. The third-order valence-corrected chi connectivity index (χ3v) is 3.96. The van der Waals surface area contributed by atoms with E-state index in [0.717, 1.165) is 24.1 Å². The molecule has 2 rings (SSSR count). The second-order valence-corrected chi connectivity index (χ2v) is 5.61. The Morgan fingerprint density at radius 1 is 1.53 bits per heavy atom. The lowest BCUT2D eigenvalue weighted by Gasteiger charge is -2.15. The molecule has 0 spiro atoms. The van der Waals surface area contributed by atoms with E-state index >= 15 is 0 Å². The zero-order valence-electron chi connectivity index (χ0n) is 11.9. The Bertz CT molecular complexity index is 427. The van der Waals surface area contributed by atoms with Crippen LogP contribution >= 0.6 is 0 Å². The number of carbonyl (C=O) groups excluding carboxylic acids is 1. The van der Waals surface area contributed by atoms with E-state index in [9.17, 15) is 4.79 Å². The number of nitrogens with one attached hydrogen (secondary N) is 1. The van der Waals surface area contributed by atoms with Gasteiger partial charge in [0.05, 0.1) is 13.2 Å². The van der Waals surface area contributed by atoms with Crippen LogP contribution in [0.2, 0.25) is 0 Å². The van der Waals surface area contributed by atoms with E-state index in [4.69, 9.17) is 4.42 Å². The summed E-state index contributed by atoms with van der Waals surface area (Å²) in [4.78, 5) is 11.3. The second kappa shape index (κ2) is 6.24. The van der Waals surface area contributed by atoms with Crippen LogP contribution in [-0.4, -0.2) is 19.6 Å². The Balaban J connectivity index is 1.84. The van der Waals surface area contributed by atoms with Crippen molar-refractivity contribution in [2.75, 3.05) is 13.7 Å². The van der Waals surface area contributed by atoms with Gasteiger partial charge in [0.25, 0.3) is 0 Å². The summed E-state index contributed by atoms with van der Waals surface area (Å²) >= 11 is 0. The third kappa shape index (κ3) is 3.60. The molecule has 0 bridgehead atoms. The van der Waals surface area contributed by atoms with Gasteiger partial charge >= 0.3 is 5.97 Å². The van der Waals surface area contributed by atoms with E-state index in [0.29, 0.717) is 0 Å². The minimum atomic E-state index is -0.428. The number of rotatable bonds is 5. The Hall–Kier alpha value is -1.29. The highest BCUT2D eigenvalue weighted by Gasteiger charge is 2.22. The molecule has 4 nitrogen and oxygen atoms in total. The Morgan fingerprint density at radius 2 is 2.32 bits per heavy atom. The Labute approximate surface area is 114 Å². The summed E-state index contributed by atoms with van der Waals surface area (Å²) in [5.74, 6) is 2.25. The average molecular weight is 265 g/mol. The lowest BCUT2D eigenvalue weighted by molar-refractivity contribution is 0.0562. The van der Waals surface area contributed by atoms with Crippen LogP contribution in [0.5, 0.6) is 0 Å². The summed E-state index contributed by atoms with van der Waals surface area (Å²) < 4.78 is 10.1. The number of carbonyl (C=O) groups is 1. The van der Waals surface area contributed by atoms with Crippen LogP contribution < -0.4 is 5.32 Å². The fraction of sp³-hybridized carbons (Fsp3) is 0.667. The molecular weight excluding hydrogens is 242 g/mol. The summed E-state index contributed by atoms with van der Waals surface area (Å²) in [6.45, 7) is 5.39. The molecule has 0 saturated heterocycles. The molecular formula is C15H23NO3. The molecule has 1 N–H and O–H groups in total. The van der Waals surface area contributed by atoms with E-state index in [-0.39, 0.29) is 11.8 Å². The van der Waals surface area contributed by atoms with E-state index in [1.807, 2.05) is 6.07 Å². The molecule has 0 aliphatic heterocycles. The molecule has 19 heavy (non-hydrogen) atoms. The van der Waals surface area contributed by atoms with E-state index in [1.54, 1.807) is 6.07 Å². The highest BCUT2D eigenvalue weighted by Crippen LogP contribution is 2.30. The first-order valence-electron chi connectivity index (χ1n) is 7.01. The Kier molecular flexibility index (Phi) is 4.64. The first-order valence-corrected chi connectivity index (χ1v) is 7.01. The molecule has 0 aromatic carbocycles. The molecule has 1 fully saturated rings. The molecule has 1 heterocycles. The number of furan rings is 1. The summed E-state index contributed by atoms with van der Waals surface area (Å²) in [5.41, 5.74) is 0. The predicted molar refractivity (Wildman–Crippen MR) is 73.0 cm³/mol. The summed E-state index contributed by atoms with van der Waals surface area (Å²) in [7, 11) is 1.35.